The minimum Gasteiger partial charge on any atom is -0.354 e. The Morgan fingerprint density at radius 1 is 1.43 bits per heavy atom. The molecule has 0 aromatic carbocycles. The molecule has 0 bridgehead atoms. The van der Waals surface area contributed by atoms with Crippen molar-refractivity contribution in [1.29, 1.82) is 0 Å². The molecule has 14 heavy (non-hydrogen) atoms. The van der Waals surface area contributed by atoms with E-state index >= 15 is 0 Å². The number of amides is 1. The van der Waals surface area contributed by atoms with E-state index in [0.29, 0.717) is 10.5 Å². The highest BCUT2D eigenvalue weighted by atomic mass is 32.2. The van der Waals surface area contributed by atoms with Gasteiger partial charge in [-0.15, -0.1) is 0 Å². The Bertz CT molecular complexity index is 191. The molecule has 0 aliphatic heterocycles. The number of carbonyl (C=O) groups is 1. The number of rotatable bonds is 4. The van der Waals surface area contributed by atoms with E-state index in [1.165, 1.54) is 32.1 Å². The van der Waals surface area contributed by atoms with Crippen molar-refractivity contribution in [3.63, 3.8) is 0 Å². The molecule has 1 aliphatic carbocycles. The molecule has 0 saturated heterocycles. The quantitative estimate of drug-likeness (QED) is 0.728. The fraction of sp³-hybridized carbons (Fsp3) is 0.900. The Labute approximate surface area is 96.0 Å². The van der Waals surface area contributed by atoms with E-state index in [-0.39, 0.29) is 5.91 Å². The Morgan fingerprint density at radius 2 is 2.07 bits per heavy atom. The largest absolute Gasteiger partial charge is 0.354 e. The van der Waals surface area contributed by atoms with Crippen LogP contribution in [0.4, 0.5) is 0 Å². The van der Waals surface area contributed by atoms with E-state index in [1.807, 2.05) is 11.8 Å². The van der Waals surface area contributed by atoms with Gasteiger partial charge in [0.2, 0.25) is 5.91 Å². The number of thiol groups is 1. The summed E-state index contributed by atoms with van der Waals surface area (Å²) in [5, 5.41) is 2.96. The van der Waals surface area contributed by atoms with Gasteiger partial charge in [-0.05, 0) is 19.1 Å². The van der Waals surface area contributed by atoms with Gasteiger partial charge in [-0.1, -0.05) is 19.3 Å². The fourth-order valence-electron chi connectivity index (χ4n) is 1.96. The molecule has 1 fully saturated rings. The lowest BCUT2D eigenvalue weighted by Crippen LogP contribution is -2.42. The summed E-state index contributed by atoms with van der Waals surface area (Å²) in [6.07, 6.45) is 8.58. The van der Waals surface area contributed by atoms with Crippen LogP contribution >= 0.6 is 24.4 Å². The number of thioether (sulfide) groups is 1. The lowest BCUT2D eigenvalue weighted by Gasteiger charge is -2.35. The van der Waals surface area contributed by atoms with Crippen LogP contribution in [0.2, 0.25) is 0 Å². The van der Waals surface area contributed by atoms with Gasteiger partial charge >= 0.3 is 0 Å². The molecular weight excluding hydrogens is 214 g/mol. The van der Waals surface area contributed by atoms with E-state index in [0.717, 1.165) is 6.54 Å². The van der Waals surface area contributed by atoms with Crippen molar-refractivity contribution in [2.24, 2.45) is 0 Å². The summed E-state index contributed by atoms with van der Waals surface area (Å²) < 4.78 is 0.302. The minimum absolute atomic E-state index is 0.0485. The lowest BCUT2D eigenvalue weighted by molar-refractivity contribution is -0.118. The summed E-state index contributed by atoms with van der Waals surface area (Å²) in [6, 6.07) is 0. The maximum Gasteiger partial charge on any atom is 0.229 e. The summed E-state index contributed by atoms with van der Waals surface area (Å²) in [6.45, 7) is 0.813. The van der Waals surface area contributed by atoms with Crippen molar-refractivity contribution in [3.8, 4) is 0 Å². The third-order valence-electron chi connectivity index (χ3n) is 2.95. The molecular formula is C10H19NOS2. The van der Waals surface area contributed by atoms with E-state index in [2.05, 4.69) is 24.2 Å². The average Bonchev–Trinajstić information content (AvgIpc) is 2.27. The van der Waals surface area contributed by atoms with Gasteiger partial charge in [0, 0.05) is 11.3 Å². The topological polar surface area (TPSA) is 29.1 Å². The molecule has 2 nitrogen and oxygen atoms in total. The van der Waals surface area contributed by atoms with Crippen LogP contribution in [0, 0.1) is 0 Å². The molecule has 1 amide bonds. The van der Waals surface area contributed by atoms with Gasteiger partial charge in [0.25, 0.3) is 0 Å². The van der Waals surface area contributed by atoms with Crippen LogP contribution in [0.5, 0.6) is 0 Å². The molecule has 82 valence electrons. The lowest BCUT2D eigenvalue weighted by atomic mass is 9.88. The third kappa shape index (κ3) is 3.39. The second-order valence-electron chi connectivity index (χ2n) is 3.88. The molecule has 0 heterocycles. The highest BCUT2D eigenvalue weighted by Crippen LogP contribution is 2.37. The van der Waals surface area contributed by atoms with Gasteiger partial charge in [0.1, 0.15) is 0 Å². The molecule has 0 radical (unpaired) electrons. The van der Waals surface area contributed by atoms with Crippen molar-refractivity contribution in [2.45, 2.75) is 36.9 Å². The van der Waals surface area contributed by atoms with Crippen molar-refractivity contribution < 1.29 is 4.79 Å². The predicted octanol–water partition coefficient (Wildman–Crippen LogP) is 2.10. The summed E-state index contributed by atoms with van der Waals surface area (Å²) in [5.74, 6) is 0.345. The molecule has 1 N–H and O–H groups in total. The predicted molar refractivity (Wildman–Crippen MR) is 66.2 cm³/mol. The van der Waals surface area contributed by atoms with Crippen molar-refractivity contribution in [2.75, 3.05) is 18.6 Å². The van der Waals surface area contributed by atoms with Gasteiger partial charge in [-0.25, -0.2) is 0 Å². The highest BCUT2D eigenvalue weighted by molar-refractivity contribution is 8.00. The molecule has 1 saturated carbocycles. The van der Waals surface area contributed by atoms with Crippen LogP contribution in [-0.2, 0) is 4.79 Å². The first-order valence-electron chi connectivity index (χ1n) is 5.15. The average molecular weight is 233 g/mol. The monoisotopic (exact) mass is 233 g/mol. The zero-order chi connectivity index (χ0) is 10.4. The Hall–Kier alpha value is 0.170. The third-order valence-corrected chi connectivity index (χ3v) is 4.65. The van der Waals surface area contributed by atoms with Gasteiger partial charge in [-0.2, -0.15) is 24.4 Å². The van der Waals surface area contributed by atoms with Gasteiger partial charge in [0.05, 0.1) is 5.75 Å². The number of nitrogens with one attached hydrogen (secondary N) is 1. The maximum absolute atomic E-state index is 11.1. The molecule has 0 aromatic rings. The zero-order valence-electron chi connectivity index (χ0n) is 8.71. The summed E-state index contributed by atoms with van der Waals surface area (Å²) >= 11 is 5.86. The first kappa shape index (κ1) is 12.2. The normalized spacial score (nSPS) is 20.4. The van der Waals surface area contributed by atoms with Gasteiger partial charge < -0.3 is 5.32 Å². The van der Waals surface area contributed by atoms with Crippen LogP contribution in [0.25, 0.3) is 0 Å². The number of hydrogen-bond donors (Lipinski definition) is 2. The second kappa shape index (κ2) is 5.91. The Kier molecular flexibility index (Phi) is 5.17. The molecule has 0 spiro atoms. The van der Waals surface area contributed by atoms with Crippen molar-refractivity contribution in [1.82, 2.24) is 5.32 Å². The standard InChI is InChI=1S/C10H19NOS2/c1-14-10(5-3-2-4-6-10)8-11-9(12)7-13/h13H,2-8H2,1H3,(H,11,12). The zero-order valence-corrected chi connectivity index (χ0v) is 10.4. The number of hydrogen-bond acceptors (Lipinski definition) is 3. The Balaban J connectivity index is 2.39. The van der Waals surface area contributed by atoms with Crippen LogP contribution in [-0.4, -0.2) is 29.2 Å². The van der Waals surface area contributed by atoms with E-state index in [1.54, 1.807) is 0 Å². The maximum atomic E-state index is 11.1. The van der Waals surface area contributed by atoms with E-state index in [4.69, 9.17) is 0 Å². The van der Waals surface area contributed by atoms with Crippen LogP contribution in [0.15, 0.2) is 0 Å². The molecule has 1 rings (SSSR count). The first-order chi connectivity index (χ1) is 6.72. The minimum atomic E-state index is 0.0485. The SMILES string of the molecule is CSC1(CNC(=O)CS)CCCCC1. The molecule has 0 atom stereocenters. The summed E-state index contributed by atoms with van der Waals surface area (Å²) in [7, 11) is 0. The Morgan fingerprint density at radius 3 is 2.57 bits per heavy atom. The summed E-state index contributed by atoms with van der Waals surface area (Å²) in [4.78, 5) is 11.1. The molecule has 0 aromatic heterocycles. The van der Waals surface area contributed by atoms with Crippen molar-refractivity contribution >= 4 is 30.3 Å². The first-order valence-corrected chi connectivity index (χ1v) is 7.01. The van der Waals surface area contributed by atoms with Crippen LogP contribution in [0.1, 0.15) is 32.1 Å². The van der Waals surface area contributed by atoms with E-state index < -0.39 is 0 Å². The van der Waals surface area contributed by atoms with Gasteiger partial charge in [-0.3, -0.25) is 4.79 Å². The molecule has 4 heteroatoms. The smallest absolute Gasteiger partial charge is 0.229 e. The second-order valence-corrected chi connectivity index (χ2v) is 5.47. The van der Waals surface area contributed by atoms with Crippen LogP contribution < -0.4 is 5.32 Å². The van der Waals surface area contributed by atoms with Crippen molar-refractivity contribution in [3.05, 3.63) is 0 Å². The molecule has 1 aliphatic rings. The van der Waals surface area contributed by atoms with Crippen LogP contribution in [0.3, 0.4) is 0 Å². The number of carbonyl (C=O) groups excluding carboxylic acids is 1. The van der Waals surface area contributed by atoms with E-state index in [9.17, 15) is 4.79 Å². The fourth-order valence-corrected chi connectivity index (χ4v) is 2.99. The summed E-state index contributed by atoms with van der Waals surface area (Å²) in [5.41, 5.74) is 0. The van der Waals surface area contributed by atoms with Gasteiger partial charge in [0.15, 0.2) is 0 Å². The molecule has 0 unspecified atom stereocenters. The highest BCUT2D eigenvalue weighted by Gasteiger charge is 2.31.